The first-order chi connectivity index (χ1) is 15.7. The van der Waals surface area contributed by atoms with Gasteiger partial charge in [0.1, 0.15) is 11.6 Å². The van der Waals surface area contributed by atoms with Crippen LogP contribution < -0.4 is 16.4 Å². The van der Waals surface area contributed by atoms with Crippen LogP contribution in [0.2, 0.25) is 0 Å². The van der Waals surface area contributed by atoms with E-state index < -0.39 is 11.5 Å². The van der Waals surface area contributed by atoms with Crippen molar-refractivity contribution in [2.45, 2.75) is 43.7 Å². The van der Waals surface area contributed by atoms with Crippen molar-refractivity contribution in [1.29, 1.82) is 0 Å². The molecule has 0 spiro atoms. The van der Waals surface area contributed by atoms with Gasteiger partial charge in [0, 0.05) is 38.6 Å². The smallest absolute Gasteiger partial charge is 0.254 e. The van der Waals surface area contributed by atoms with Gasteiger partial charge in [-0.2, -0.15) is 0 Å². The van der Waals surface area contributed by atoms with E-state index in [9.17, 15) is 14.7 Å². The van der Waals surface area contributed by atoms with Crippen LogP contribution in [0.4, 0.5) is 17.3 Å². The largest absolute Gasteiger partial charge is 0.390 e. The molecule has 5 N–H and O–H groups in total. The molecule has 174 valence electrons. The van der Waals surface area contributed by atoms with Crippen molar-refractivity contribution < 1.29 is 14.7 Å². The molecule has 4 fully saturated rings. The standard InChI is InChI=1S/C24H30N6O3/c1-30(2)23(32)14-3-4-19(26-11-14)29-20-7-18(17(12-27-20)22(25)31)28-21-15-5-13-6-16(21)10-24(33,8-13)9-15/h3-4,7,11-13,15-16,21,33H,5-6,8-10H2,1-2H3,(H2,25,31)(H2,26,27,28,29)/t13-,15+,16-,21-,24+. The molecule has 2 amide bonds. The number of rotatable bonds is 6. The lowest BCUT2D eigenvalue weighted by molar-refractivity contribution is -0.129. The number of hydrogen-bond acceptors (Lipinski definition) is 7. The third kappa shape index (κ3) is 4.13. The fourth-order valence-electron chi connectivity index (χ4n) is 6.22. The summed E-state index contributed by atoms with van der Waals surface area (Å²) in [5.74, 6) is 1.76. The Hall–Kier alpha value is -3.20. The third-order valence-electron chi connectivity index (χ3n) is 7.41. The topological polar surface area (TPSA) is 133 Å². The van der Waals surface area contributed by atoms with Gasteiger partial charge >= 0.3 is 0 Å². The van der Waals surface area contributed by atoms with Crippen LogP contribution in [0.3, 0.4) is 0 Å². The number of hydrogen-bond donors (Lipinski definition) is 4. The van der Waals surface area contributed by atoms with Crippen LogP contribution in [0.5, 0.6) is 0 Å². The number of pyridine rings is 2. The average molecular weight is 451 g/mol. The summed E-state index contributed by atoms with van der Waals surface area (Å²) < 4.78 is 0. The van der Waals surface area contributed by atoms with E-state index in [0.29, 0.717) is 46.2 Å². The molecule has 2 aromatic rings. The minimum Gasteiger partial charge on any atom is -0.390 e. The summed E-state index contributed by atoms with van der Waals surface area (Å²) in [4.78, 5) is 34.3. The quantitative estimate of drug-likeness (QED) is 0.531. The normalized spacial score (nSPS) is 29.5. The molecule has 4 aliphatic rings. The molecule has 6 rings (SSSR count). The van der Waals surface area contributed by atoms with Gasteiger partial charge < -0.3 is 26.4 Å². The molecule has 9 nitrogen and oxygen atoms in total. The highest BCUT2D eigenvalue weighted by Gasteiger charge is 2.54. The maximum Gasteiger partial charge on any atom is 0.254 e. The van der Waals surface area contributed by atoms with Crippen LogP contribution in [0.15, 0.2) is 30.6 Å². The summed E-state index contributed by atoms with van der Waals surface area (Å²) in [5, 5.41) is 17.6. The number of primary amides is 1. The number of nitrogens with one attached hydrogen (secondary N) is 2. The number of carbonyl (C=O) groups is 2. The molecule has 0 aromatic carbocycles. The summed E-state index contributed by atoms with van der Waals surface area (Å²) in [5.41, 5.74) is 6.59. The van der Waals surface area contributed by atoms with Crippen LogP contribution in [0, 0.1) is 17.8 Å². The number of carbonyl (C=O) groups excluding carboxylic acids is 2. The van der Waals surface area contributed by atoms with Gasteiger partial charge in [0.25, 0.3) is 11.8 Å². The summed E-state index contributed by atoms with van der Waals surface area (Å²) in [6.07, 6.45) is 7.75. The summed E-state index contributed by atoms with van der Waals surface area (Å²) in [6, 6.07) is 5.39. The van der Waals surface area contributed by atoms with E-state index >= 15 is 0 Å². The molecule has 5 atom stereocenters. The van der Waals surface area contributed by atoms with E-state index in [4.69, 9.17) is 5.73 Å². The third-order valence-corrected chi connectivity index (χ3v) is 7.41. The molecular weight excluding hydrogens is 420 g/mol. The minimum atomic E-state index is -0.538. The zero-order chi connectivity index (χ0) is 23.3. The number of anilines is 3. The Kier molecular flexibility index (Phi) is 5.23. The highest BCUT2D eigenvalue weighted by molar-refractivity contribution is 5.98. The van der Waals surface area contributed by atoms with Gasteiger partial charge in [-0.05, 0) is 62.0 Å². The second-order valence-corrected chi connectivity index (χ2v) is 10.1. The molecule has 4 saturated carbocycles. The number of amides is 2. The zero-order valence-corrected chi connectivity index (χ0v) is 18.9. The Morgan fingerprint density at radius 1 is 1.09 bits per heavy atom. The maximum atomic E-state index is 12.1. The van der Waals surface area contributed by atoms with Crippen LogP contribution in [0.25, 0.3) is 0 Å². The predicted molar refractivity (Wildman–Crippen MR) is 124 cm³/mol. The number of aliphatic hydroxyl groups is 1. The van der Waals surface area contributed by atoms with Crippen molar-refractivity contribution in [3.8, 4) is 0 Å². The number of aromatic nitrogens is 2. The molecule has 4 bridgehead atoms. The highest BCUT2D eigenvalue weighted by atomic mass is 16.3. The van der Waals surface area contributed by atoms with Crippen molar-refractivity contribution >= 4 is 29.1 Å². The zero-order valence-electron chi connectivity index (χ0n) is 18.9. The fourth-order valence-corrected chi connectivity index (χ4v) is 6.22. The molecule has 9 heteroatoms. The molecule has 2 heterocycles. The Morgan fingerprint density at radius 2 is 1.79 bits per heavy atom. The van der Waals surface area contributed by atoms with Crippen LogP contribution in [0.1, 0.15) is 52.8 Å². The van der Waals surface area contributed by atoms with Gasteiger partial charge in [0.15, 0.2) is 0 Å². The number of nitrogens with two attached hydrogens (primary N) is 1. The number of nitrogens with zero attached hydrogens (tertiary/aromatic N) is 3. The SMILES string of the molecule is CN(C)C(=O)c1ccc(Nc2cc(N[C@H]3[C@@H]4C[C@H]5C[C@H]3C[C@@](O)(C5)C4)c(C(N)=O)cn2)nc1. The fraction of sp³-hybridized carbons (Fsp3) is 0.500. The van der Waals surface area contributed by atoms with E-state index in [1.807, 2.05) is 0 Å². The van der Waals surface area contributed by atoms with E-state index in [0.717, 1.165) is 32.1 Å². The molecule has 0 saturated heterocycles. The van der Waals surface area contributed by atoms with Crippen molar-refractivity contribution in [3.63, 3.8) is 0 Å². The van der Waals surface area contributed by atoms with Crippen molar-refractivity contribution in [2.75, 3.05) is 24.7 Å². The molecule has 2 aromatic heterocycles. The van der Waals surface area contributed by atoms with Gasteiger partial charge in [0.2, 0.25) is 0 Å². The second-order valence-electron chi connectivity index (χ2n) is 10.1. The van der Waals surface area contributed by atoms with Crippen LogP contribution >= 0.6 is 0 Å². The lowest BCUT2D eigenvalue weighted by Gasteiger charge is -2.58. The van der Waals surface area contributed by atoms with Gasteiger partial charge in [-0.25, -0.2) is 9.97 Å². The van der Waals surface area contributed by atoms with E-state index in [1.165, 1.54) is 17.3 Å². The van der Waals surface area contributed by atoms with Crippen molar-refractivity contribution in [2.24, 2.45) is 23.5 Å². The summed E-state index contributed by atoms with van der Waals surface area (Å²) in [7, 11) is 3.38. The first-order valence-electron chi connectivity index (χ1n) is 11.4. The Bertz CT molecular complexity index is 1070. The Balaban J connectivity index is 1.36. The van der Waals surface area contributed by atoms with E-state index in [2.05, 4.69) is 20.6 Å². The molecule has 4 aliphatic carbocycles. The molecule has 0 radical (unpaired) electrons. The average Bonchev–Trinajstić information content (AvgIpc) is 2.75. The summed E-state index contributed by atoms with van der Waals surface area (Å²) >= 11 is 0. The van der Waals surface area contributed by atoms with Crippen LogP contribution in [-0.2, 0) is 0 Å². The summed E-state index contributed by atoms with van der Waals surface area (Å²) in [6.45, 7) is 0. The maximum absolute atomic E-state index is 12.1. The molecule has 0 unspecified atom stereocenters. The lowest BCUT2D eigenvalue weighted by Crippen LogP contribution is -2.59. The second kappa shape index (κ2) is 7.98. The molecular formula is C24H30N6O3. The minimum absolute atomic E-state index is 0.121. The Morgan fingerprint density at radius 3 is 2.36 bits per heavy atom. The van der Waals surface area contributed by atoms with Gasteiger partial charge in [-0.3, -0.25) is 9.59 Å². The predicted octanol–water partition coefficient (Wildman–Crippen LogP) is 2.37. The Labute approximate surface area is 192 Å². The van der Waals surface area contributed by atoms with E-state index in [1.54, 1.807) is 32.3 Å². The van der Waals surface area contributed by atoms with E-state index in [-0.39, 0.29) is 11.9 Å². The van der Waals surface area contributed by atoms with Crippen molar-refractivity contribution in [1.82, 2.24) is 14.9 Å². The molecule has 33 heavy (non-hydrogen) atoms. The first kappa shape index (κ1) is 21.6. The van der Waals surface area contributed by atoms with Crippen LogP contribution in [-0.4, -0.2) is 57.5 Å². The highest BCUT2D eigenvalue weighted by Crippen LogP contribution is 2.56. The first-order valence-corrected chi connectivity index (χ1v) is 11.4. The molecule has 0 aliphatic heterocycles. The van der Waals surface area contributed by atoms with Gasteiger partial charge in [-0.1, -0.05) is 0 Å². The van der Waals surface area contributed by atoms with Gasteiger partial charge in [-0.15, -0.1) is 0 Å². The van der Waals surface area contributed by atoms with Crippen molar-refractivity contribution in [3.05, 3.63) is 41.7 Å². The monoisotopic (exact) mass is 450 g/mol. The van der Waals surface area contributed by atoms with Gasteiger partial charge in [0.05, 0.1) is 22.4 Å². The lowest BCUT2D eigenvalue weighted by atomic mass is 9.52.